The summed E-state index contributed by atoms with van der Waals surface area (Å²) < 4.78 is 10.8. The fourth-order valence-electron chi connectivity index (χ4n) is 1.72. The van der Waals surface area contributed by atoms with Crippen molar-refractivity contribution < 1.29 is 14.3 Å². The number of nitrogens with zero attached hydrogens (tertiary/aromatic N) is 1. The van der Waals surface area contributed by atoms with Gasteiger partial charge in [-0.05, 0) is 43.3 Å². The summed E-state index contributed by atoms with van der Waals surface area (Å²) in [4.78, 5) is 15.7. The smallest absolute Gasteiger partial charge is 0.317 e. The Morgan fingerprint density at radius 3 is 2.41 bits per heavy atom. The Bertz CT molecular complexity index is 573. The number of carbonyl (C=O) groups is 1. The van der Waals surface area contributed by atoms with Gasteiger partial charge in [0.25, 0.3) is 0 Å². The van der Waals surface area contributed by atoms with Crippen molar-refractivity contribution in [1.82, 2.24) is 15.6 Å². The molecule has 2 rings (SSSR count). The molecule has 22 heavy (non-hydrogen) atoms. The first kappa shape index (κ1) is 15.6. The monoisotopic (exact) mass is 301 g/mol. The Morgan fingerprint density at radius 2 is 1.77 bits per heavy atom. The van der Waals surface area contributed by atoms with Crippen molar-refractivity contribution in [2.75, 3.05) is 13.3 Å². The van der Waals surface area contributed by atoms with E-state index < -0.39 is 0 Å². The van der Waals surface area contributed by atoms with Gasteiger partial charge in [-0.15, -0.1) is 0 Å². The van der Waals surface area contributed by atoms with Crippen LogP contribution in [0.4, 0.5) is 4.79 Å². The van der Waals surface area contributed by atoms with Crippen LogP contribution in [0.25, 0.3) is 0 Å². The van der Waals surface area contributed by atoms with Crippen molar-refractivity contribution in [3.63, 3.8) is 0 Å². The molecule has 1 heterocycles. The molecule has 1 aromatic carbocycles. The largest absolute Gasteiger partial charge is 0.494 e. The molecular weight excluding hydrogens is 282 g/mol. The highest BCUT2D eigenvalue weighted by Crippen LogP contribution is 2.17. The molecule has 0 aliphatic carbocycles. The summed E-state index contributed by atoms with van der Waals surface area (Å²) >= 11 is 0. The van der Waals surface area contributed by atoms with Gasteiger partial charge >= 0.3 is 6.03 Å². The fraction of sp³-hybridized carbons (Fsp3) is 0.250. The molecule has 0 aliphatic rings. The molecule has 0 unspecified atom stereocenters. The van der Waals surface area contributed by atoms with E-state index in [9.17, 15) is 4.79 Å². The lowest BCUT2D eigenvalue weighted by Gasteiger charge is -2.10. The van der Waals surface area contributed by atoms with Crippen LogP contribution in [0, 0.1) is 0 Å². The lowest BCUT2D eigenvalue weighted by Crippen LogP contribution is -2.37. The van der Waals surface area contributed by atoms with Crippen LogP contribution in [0.1, 0.15) is 12.6 Å². The number of amides is 2. The maximum Gasteiger partial charge on any atom is 0.317 e. The molecule has 0 saturated heterocycles. The molecule has 0 atom stereocenters. The Labute approximate surface area is 129 Å². The minimum absolute atomic E-state index is 0.0854. The zero-order chi connectivity index (χ0) is 15.6. The highest BCUT2D eigenvalue weighted by Gasteiger charge is 2.01. The van der Waals surface area contributed by atoms with E-state index in [0.717, 1.165) is 11.4 Å². The summed E-state index contributed by atoms with van der Waals surface area (Å²) in [5.41, 5.74) is 0.796. The maximum absolute atomic E-state index is 11.6. The number of ether oxygens (including phenoxy) is 2. The van der Waals surface area contributed by atoms with Crippen LogP contribution in [0.15, 0.2) is 48.7 Å². The Hall–Kier alpha value is -2.76. The van der Waals surface area contributed by atoms with Crippen LogP contribution < -0.4 is 20.1 Å². The fourth-order valence-corrected chi connectivity index (χ4v) is 1.72. The number of nitrogens with one attached hydrogen (secondary N) is 2. The zero-order valence-electron chi connectivity index (χ0n) is 12.4. The standard InChI is InChI=1S/C16H19N3O3/c1-2-21-14-6-8-15(9-7-14)22-12-19-16(20)18-11-13-5-3-4-10-17-13/h3-10H,2,11-12H2,1H3,(H2,18,19,20). The Balaban J connectivity index is 1.66. The van der Waals surface area contributed by atoms with Crippen LogP contribution in [0.2, 0.25) is 0 Å². The van der Waals surface area contributed by atoms with Crippen LogP contribution in [0.5, 0.6) is 11.5 Å². The molecule has 1 aromatic heterocycles. The predicted molar refractivity (Wildman–Crippen MR) is 82.7 cm³/mol. The van der Waals surface area contributed by atoms with Crippen molar-refractivity contribution in [3.8, 4) is 11.5 Å². The van der Waals surface area contributed by atoms with Gasteiger partial charge in [0.15, 0.2) is 6.73 Å². The van der Waals surface area contributed by atoms with Crippen LogP contribution in [-0.2, 0) is 6.54 Å². The summed E-state index contributed by atoms with van der Waals surface area (Å²) in [6.07, 6.45) is 1.68. The van der Waals surface area contributed by atoms with Crippen LogP contribution in [0.3, 0.4) is 0 Å². The number of pyridine rings is 1. The molecule has 6 nitrogen and oxygen atoms in total. The molecule has 0 aliphatic heterocycles. The summed E-state index contributed by atoms with van der Waals surface area (Å²) in [6, 6.07) is 12.5. The average Bonchev–Trinajstić information content (AvgIpc) is 2.56. The van der Waals surface area contributed by atoms with E-state index in [0.29, 0.717) is 18.9 Å². The van der Waals surface area contributed by atoms with Crippen LogP contribution in [-0.4, -0.2) is 24.4 Å². The van der Waals surface area contributed by atoms with E-state index in [1.54, 1.807) is 18.3 Å². The van der Waals surface area contributed by atoms with Crippen molar-refractivity contribution in [2.24, 2.45) is 0 Å². The molecule has 6 heteroatoms. The van der Waals surface area contributed by atoms with Crippen LogP contribution >= 0.6 is 0 Å². The minimum atomic E-state index is -0.309. The van der Waals surface area contributed by atoms with E-state index in [1.165, 1.54) is 0 Å². The van der Waals surface area contributed by atoms with Gasteiger partial charge in [-0.25, -0.2) is 4.79 Å². The number of carbonyl (C=O) groups excluding carboxylic acids is 1. The van der Waals surface area contributed by atoms with Crippen molar-refractivity contribution in [3.05, 3.63) is 54.4 Å². The zero-order valence-corrected chi connectivity index (χ0v) is 12.4. The third-order valence-electron chi connectivity index (χ3n) is 2.76. The van der Waals surface area contributed by atoms with E-state index in [1.807, 2.05) is 37.3 Å². The van der Waals surface area contributed by atoms with Crippen molar-refractivity contribution >= 4 is 6.03 Å². The predicted octanol–water partition coefficient (Wildman–Crippen LogP) is 2.32. The number of urea groups is 1. The average molecular weight is 301 g/mol. The molecule has 0 spiro atoms. The Morgan fingerprint density at radius 1 is 1.05 bits per heavy atom. The van der Waals surface area contributed by atoms with E-state index in [-0.39, 0.29) is 12.8 Å². The van der Waals surface area contributed by atoms with Crippen molar-refractivity contribution in [1.29, 1.82) is 0 Å². The van der Waals surface area contributed by atoms with Gasteiger partial charge in [-0.1, -0.05) is 6.07 Å². The molecule has 0 fully saturated rings. The van der Waals surface area contributed by atoms with E-state index in [2.05, 4.69) is 15.6 Å². The minimum Gasteiger partial charge on any atom is -0.494 e. The van der Waals surface area contributed by atoms with E-state index in [4.69, 9.17) is 9.47 Å². The number of rotatable bonds is 7. The molecule has 116 valence electrons. The summed E-state index contributed by atoms with van der Waals surface area (Å²) in [6.45, 7) is 3.01. The molecule has 2 aromatic rings. The maximum atomic E-state index is 11.6. The molecular formula is C16H19N3O3. The highest BCUT2D eigenvalue weighted by atomic mass is 16.5. The van der Waals surface area contributed by atoms with Gasteiger partial charge in [0, 0.05) is 6.20 Å². The summed E-state index contributed by atoms with van der Waals surface area (Å²) in [5, 5.41) is 5.31. The molecule has 2 amide bonds. The lowest BCUT2D eigenvalue weighted by atomic mass is 10.3. The summed E-state index contributed by atoms with van der Waals surface area (Å²) in [7, 11) is 0. The van der Waals surface area contributed by atoms with Gasteiger partial charge in [-0.2, -0.15) is 0 Å². The quantitative estimate of drug-likeness (QED) is 0.770. The molecule has 0 bridgehead atoms. The molecule has 0 radical (unpaired) electrons. The van der Waals surface area contributed by atoms with Gasteiger partial charge in [-0.3, -0.25) is 4.98 Å². The van der Waals surface area contributed by atoms with Gasteiger partial charge in [0.1, 0.15) is 11.5 Å². The molecule has 0 saturated carbocycles. The highest BCUT2D eigenvalue weighted by molar-refractivity contribution is 5.73. The number of benzene rings is 1. The number of hydrogen-bond donors (Lipinski definition) is 2. The first-order chi connectivity index (χ1) is 10.8. The molecule has 2 N–H and O–H groups in total. The van der Waals surface area contributed by atoms with Gasteiger partial charge in [0.05, 0.1) is 18.8 Å². The second-order valence-corrected chi connectivity index (χ2v) is 4.37. The third-order valence-corrected chi connectivity index (χ3v) is 2.76. The summed E-state index contributed by atoms with van der Waals surface area (Å²) in [5.74, 6) is 1.45. The second-order valence-electron chi connectivity index (χ2n) is 4.37. The van der Waals surface area contributed by atoms with Crippen molar-refractivity contribution in [2.45, 2.75) is 13.5 Å². The normalized spacial score (nSPS) is 9.86. The first-order valence-corrected chi connectivity index (χ1v) is 7.05. The van der Waals surface area contributed by atoms with Gasteiger partial charge in [0.2, 0.25) is 0 Å². The first-order valence-electron chi connectivity index (χ1n) is 7.05. The Kier molecular flexibility index (Phi) is 6.04. The second kappa shape index (κ2) is 8.51. The number of hydrogen-bond acceptors (Lipinski definition) is 4. The lowest BCUT2D eigenvalue weighted by molar-refractivity contribution is 0.223. The van der Waals surface area contributed by atoms with E-state index >= 15 is 0 Å². The third kappa shape index (κ3) is 5.32. The van der Waals surface area contributed by atoms with Gasteiger partial charge < -0.3 is 20.1 Å². The SMILES string of the molecule is CCOc1ccc(OCNC(=O)NCc2ccccn2)cc1. The number of aromatic nitrogens is 1. The topological polar surface area (TPSA) is 72.5 Å².